The number of fused-ring (bicyclic) bond motifs is 1. The van der Waals surface area contributed by atoms with E-state index >= 15 is 0 Å². The Labute approximate surface area is 151 Å². The van der Waals surface area contributed by atoms with E-state index in [4.69, 9.17) is 0 Å². The molecular formula is C21H20FNOS. The van der Waals surface area contributed by atoms with Crippen LogP contribution in [0.3, 0.4) is 0 Å². The molecule has 3 rings (SSSR count). The molecule has 3 aromatic carbocycles. The number of hydrogen-bond donors (Lipinski definition) is 1. The number of carbonyl (C=O) groups excluding carboxylic acids is 1. The fourth-order valence-electron chi connectivity index (χ4n) is 2.62. The van der Waals surface area contributed by atoms with E-state index in [1.165, 1.54) is 22.9 Å². The standard InChI is InChI=1S/C21H20FNOS/c1-15(21(24)23-13-12-16-6-9-19(22)10-7-16)25-20-11-8-17-4-2-3-5-18(17)14-20/h2-11,14-15H,12-13H2,1H3,(H,23,24)/t15-/m0/s1. The summed E-state index contributed by atoms with van der Waals surface area (Å²) in [5.74, 6) is -0.228. The zero-order valence-corrected chi connectivity index (χ0v) is 14.9. The van der Waals surface area contributed by atoms with Gasteiger partial charge in [-0.25, -0.2) is 4.39 Å². The molecule has 0 fully saturated rings. The smallest absolute Gasteiger partial charge is 0.233 e. The summed E-state index contributed by atoms with van der Waals surface area (Å²) in [5, 5.41) is 5.15. The average Bonchev–Trinajstić information content (AvgIpc) is 2.63. The number of hydrogen-bond acceptors (Lipinski definition) is 2. The summed E-state index contributed by atoms with van der Waals surface area (Å²) < 4.78 is 12.9. The molecule has 0 aliphatic heterocycles. The molecule has 0 aliphatic rings. The van der Waals surface area contributed by atoms with Crippen LogP contribution >= 0.6 is 11.8 Å². The van der Waals surface area contributed by atoms with Crippen molar-refractivity contribution < 1.29 is 9.18 Å². The van der Waals surface area contributed by atoms with E-state index in [9.17, 15) is 9.18 Å². The van der Waals surface area contributed by atoms with Gasteiger partial charge in [0.15, 0.2) is 0 Å². The zero-order valence-electron chi connectivity index (χ0n) is 14.0. The Bertz CT molecular complexity index is 863. The summed E-state index contributed by atoms with van der Waals surface area (Å²) in [6.07, 6.45) is 0.694. The Hall–Kier alpha value is -2.33. The highest BCUT2D eigenvalue weighted by Gasteiger charge is 2.14. The monoisotopic (exact) mass is 353 g/mol. The lowest BCUT2D eigenvalue weighted by Crippen LogP contribution is -2.32. The van der Waals surface area contributed by atoms with Crippen LogP contribution in [-0.2, 0) is 11.2 Å². The first kappa shape index (κ1) is 17.5. The van der Waals surface area contributed by atoms with Gasteiger partial charge in [-0.05, 0) is 53.9 Å². The maximum Gasteiger partial charge on any atom is 0.233 e. The summed E-state index contributed by atoms with van der Waals surface area (Å²) in [7, 11) is 0. The fraction of sp³-hybridized carbons (Fsp3) is 0.190. The molecule has 1 atom stereocenters. The van der Waals surface area contributed by atoms with Crippen molar-refractivity contribution in [2.45, 2.75) is 23.5 Å². The molecule has 0 unspecified atom stereocenters. The highest BCUT2D eigenvalue weighted by molar-refractivity contribution is 8.00. The highest BCUT2D eigenvalue weighted by atomic mass is 32.2. The van der Waals surface area contributed by atoms with Crippen molar-refractivity contribution in [1.82, 2.24) is 5.32 Å². The van der Waals surface area contributed by atoms with E-state index in [0.717, 1.165) is 10.5 Å². The molecule has 0 heterocycles. The zero-order chi connectivity index (χ0) is 17.6. The van der Waals surface area contributed by atoms with Crippen molar-refractivity contribution in [3.63, 3.8) is 0 Å². The van der Waals surface area contributed by atoms with E-state index in [0.29, 0.717) is 13.0 Å². The van der Waals surface area contributed by atoms with E-state index in [1.807, 2.05) is 19.1 Å². The molecule has 25 heavy (non-hydrogen) atoms. The van der Waals surface area contributed by atoms with E-state index in [2.05, 4.69) is 35.6 Å². The second kappa shape index (κ2) is 8.17. The quantitative estimate of drug-likeness (QED) is 0.644. The van der Waals surface area contributed by atoms with Gasteiger partial charge < -0.3 is 5.32 Å². The third-order valence-corrected chi connectivity index (χ3v) is 5.12. The predicted molar refractivity (Wildman–Crippen MR) is 102 cm³/mol. The minimum Gasteiger partial charge on any atom is -0.355 e. The number of thioether (sulfide) groups is 1. The van der Waals surface area contributed by atoms with Crippen LogP contribution in [0.2, 0.25) is 0 Å². The van der Waals surface area contributed by atoms with Gasteiger partial charge in [-0.3, -0.25) is 4.79 Å². The number of amides is 1. The molecular weight excluding hydrogens is 333 g/mol. The second-order valence-corrected chi connectivity index (χ2v) is 7.35. The van der Waals surface area contributed by atoms with E-state index in [1.54, 1.807) is 23.9 Å². The Morgan fingerprint density at radius 2 is 1.76 bits per heavy atom. The summed E-state index contributed by atoms with van der Waals surface area (Å²) in [6.45, 7) is 2.46. The van der Waals surface area contributed by atoms with Gasteiger partial charge in [0.05, 0.1) is 5.25 Å². The maximum absolute atomic E-state index is 12.9. The van der Waals surface area contributed by atoms with Crippen LogP contribution in [0.15, 0.2) is 71.6 Å². The Morgan fingerprint density at radius 1 is 1.04 bits per heavy atom. The lowest BCUT2D eigenvalue weighted by Gasteiger charge is -2.12. The van der Waals surface area contributed by atoms with Crippen molar-refractivity contribution >= 4 is 28.4 Å². The third kappa shape index (κ3) is 4.83. The third-order valence-electron chi connectivity index (χ3n) is 4.03. The molecule has 3 aromatic rings. The van der Waals surface area contributed by atoms with Crippen LogP contribution in [0, 0.1) is 5.82 Å². The average molecular weight is 353 g/mol. The van der Waals surface area contributed by atoms with Gasteiger partial charge in [-0.15, -0.1) is 11.8 Å². The summed E-state index contributed by atoms with van der Waals surface area (Å²) in [6, 6.07) is 20.8. The van der Waals surface area contributed by atoms with Gasteiger partial charge in [-0.2, -0.15) is 0 Å². The Kier molecular flexibility index (Phi) is 5.71. The van der Waals surface area contributed by atoms with Gasteiger partial charge in [0.1, 0.15) is 5.82 Å². The maximum atomic E-state index is 12.9. The van der Waals surface area contributed by atoms with Crippen LogP contribution in [0.25, 0.3) is 10.8 Å². The van der Waals surface area contributed by atoms with Crippen molar-refractivity contribution in [2.75, 3.05) is 6.54 Å². The van der Waals surface area contributed by atoms with Gasteiger partial charge in [0, 0.05) is 11.4 Å². The van der Waals surface area contributed by atoms with Gasteiger partial charge in [-0.1, -0.05) is 42.5 Å². The lowest BCUT2D eigenvalue weighted by atomic mass is 10.1. The molecule has 128 valence electrons. The number of nitrogens with one attached hydrogen (secondary N) is 1. The first-order valence-corrected chi connectivity index (χ1v) is 9.17. The molecule has 2 nitrogen and oxygen atoms in total. The Balaban J connectivity index is 1.52. The van der Waals surface area contributed by atoms with Crippen molar-refractivity contribution in [3.8, 4) is 0 Å². The van der Waals surface area contributed by atoms with Gasteiger partial charge >= 0.3 is 0 Å². The van der Waals surface area contributed by atoms with Crippen LogP contribution in [-0.4, -0.2) is 17.7 Å². The summed E-state index contributed by atoms with van der Waals surface area (Å²) in [5.41, 5.74) is 1.01. The molecule has 0 saturated carbocycles. The van der Waals surface area contributed by atoms with Crippen molar-refractivity contribution in [2.24, 2.45) is 0 Å². The largest absolute Gasteiger partial charge is 0.355 e. The molecule has 0 saturated heterocycles. The first-order chi connectivity index (χ1) is 12.1. The molecule has 0 spiro atoms. The number of benzene rings is 3. The first-order valence-electron chi connectivity index (χ1n) is 8.29. The number of rotatable bonds is 6. The number of carbonyl (C=O) groups is 1. The van der Waals surface area contributed by atoms with Crippen molar-refractivity contribution in [1.29, 1.82) is 0 Å². The minimum absolute atomic E-state index is 0.0141. The van der Waals surface area contributed by atoms with Crippen LogP contribution in [0.5, 0.6) is 0 Å². The molecule has 0 radical (unpaired) electrons. The van der Waals surface area contributed by atoms with E-state index in [-0.39, 0.29) is 17.0 Å². The topological polar surface area (TPSA) is 29.1 Å². The molecule has 1 N–H and O–H groups in total. The lowest BCUT2D eigenvalue weighted by molar-refractivity contribution is -0.120. The Morgan fingerprint density at radius 3 is 2.52 bits per heavy atom. The minimum atomic E-state index is -0.242. The van der Waals surface area contributed by atoms with Crippen molar-refractivity contribution in [3.05, 3.63) is 78.1 Å². The second-order valence-electron chi connectivity index (χ2n) is 5.94. The van der Waals surface area contributed by atoms with Crippen LogP contribution < -0.4 is 5.32 Å². The molecule has 4 heteroatoms. The predicted octanol–water partition coefficient (Wildman–Crippen LogP) is 4.82. The van der Waals surface area contributed by atoms with E-state index < -0.39 is 0 Å². The summed E-state index contributed by atoms with van der Waals surface area (Å²) >= 11 is 1.55. The fourth-order valence-corrected chi connectivity index (χ4v) is 3.56. The SMILES string of the molecule is C[C@H](Sc1ccc2ccccc2c1)C(=O)NCCc1ccc(F)cc1. The summed E-state index contributed by atoms with van der Waals surface area (Å²) in [4.78, 5) is 13.3. The molecule has 0 bridgehead atoms. The highest BCUT2D eigenvalue weighted by Crippen LogP contribution is 2.27. The van der Waals surface area contributed by atoms with Gasteiger partial charge in [0.2, 0.25) is 5.91 Å². The van der Waals surface area contributed by atoms with Gasteiger partial charge in [0.25, 0.3) is 0 Å². The normalized spacial score (nSPS) is 12.1. The van der Waals surface area contributed by atoms with Crippen LogP contribution in [0.4, 0.5) is 4.39 Å². The van der Waals surface area contributed by atoms with Crippen LogP contribution in [0.1, 0.15) is 12.5 Å². The number of halogens is 1. The molecule has 0 aromatic heterocycles. The molecule has 1 amide bonds. The molecule has 0 aliphatic carbocycles.